The van der Waals surface area contributed by atoms with Gasteiger partial charge in [-0.1, -0.05) is 18.3 Å². The molecule has 30 heavy (non-hydrogen) atoms. The van der Waals surface area contributed by atoms with Gasteiger partial charge in [-0.3, -0.25) is 4.79 Å². The number of carbonyl (C=O) groups is 1. The first kappa shape index (κ1) is 20.4. The molecule has 0 aliphatic carbocycles. The second-order valence-electron chi connectivity index (χ2n) is 7.20. The van der Waals surface area contributed by atoms with Crippen LogP contribution in [0.4, 0.5) is 0 Å². The molecule has 1 aliphatic rings. The number of thiophene rings is 1. The summed E-state index contributed by atoms with van der Waals surface area (Å²) in [5.74, 6) is 5.73. The molecule has 1 fully saturated rings. The Bertz CT molecular complexity index is 1210. The molecule has 154 valence electrons. The summed E-state index contributed by atoms with van der Waals surface area (Å²) < 4.78 is 29.6. The van der Waals surface area contributed by atoms with Gasteiger partial charge in [0.15, 0.2) is 22.0 Å². The van der Waals surface area contributed by atoms with Gasteiger partial charge in [-0.2, -0.15) is 0 Å². The average molecular weight is 442 g/mol. The smallest absolute Gasteiger partial charge is 0.305 e. The Morgan fingerprint density at radius 2 is 1.97 bits per heavy atom. The molecule has 1 aromatic carbocycles. The lowest BCUT2D eigenvalue weighted by Crippen LogP contribution is -2.41. The van der Waals surface area contributed by atoms with Crippen LogP contribution in [0, 0.1) is 11.8 Å². The maximum Gasteiger partial charge on any atom is 0.305 e. The van der Waals surface area contributed by atoms with Gasteiger partial charge in [0.1, 0.15) is 4.75 Å². The number of carboxylic acids is 1. The highest BCUT2D eigenvalue weighted by atomic mass is 32.2. The van der Waals surface area contributed by atoms with E-state index in [0.29, 0.717) is 34.8 Å². The van der Waals surface area contributed by atoms with Gasteiger partial charge in [0.25, 0.3) is 0 Å². The van der Waals surface area contributed by atoms with Crippen molar-refractivity contribution in [2.75, 3.05) is 5.75 Å². The lowest BCUT2D eigenvalue weighted by molar-refractivity contribution is -0.137. The summed E-state index contributed by atoms with van der Waals surface area (Å²) in [6.07, 6.45) is 4.21. The molecule has 2 aromatic heterocycles. The van der Waals surface area contributed by atoms with E-state index < -0.39 is 27.0 Å². The molecule has 6 nitrogen and oxygen atoms in total. The highest BCUT2D eigenvalue weighted by Crippen LogP contribution is 2.45. The first-order chi connectivity index (χ1) is 14.4. The number of aliphatic carboxylic acids is 1. The van der Waals surface area contributed by atoms with Crippen molar-refractivity contribution in [3.05, 3.63) is 64.3 Å². The van der Waals surface area contributed by atoms with E-state index in [1.54, 1.807) is 18.3 Å². The van der Waals surface area contributed by atoms with Gasteiger partial charge in [-0.05, 0) is 49.2 Å². The van der Waals surface area contributed by atoms with Crippen molar-refractivity contribution in [3.8, 4) is 23.2 Å². The molecular formula is C22H19NO5S2. The fraction of sp³-hybridized carbons (Fsp3) is 0.273. The standard InChI is InChI=1S/C22H19NO5S2/c24-21(25)13-22(11-1-2-12-30(22,26)27)20-10-9-18(29-20)8-5-16-3-6-17(7-4-16)19-14-23-15-28-19/h3-4,6-7,9-10,14-15H,1-2,11-13H2,(H,24,25)/t22-/m0/s1. The molecule has 1 atom stereocenters. The highest BCUT2D eigenvalue weighted by molar-refractivity contribution is 7.92. The van der Waals surface area contributed by atoms with Crippen molar-refractivity contribution in [2.24, 2.45) is 0 Å². The molecule has 0 amide bonds. The number of nitrogens with zero attached hydrogens (tertiary/aromatic N) is 1. The van der Waals surface area contributed by atoms with E-state index in [4.69, 9.17) is 4.42 Å². The number of hydrogen-bond donors (Lipinski definition) is 1. The number of carboxylic acid groups (broad SMARTS) is 1. The van der Waals surface area contributed by atoms with Gasteiger partial charge in [0.2, 0.25) is 0 Å². The molecule has 3 heterocycles. The maximum atomic E-state index is 12.9. The molecule has 0 unspecified atom stereocenters. The van der Waals surface area contributed by atoms with E-state index >= 15 is 0 Å². The number of oxazole rings is 1. The molecule has 0 radical (unpaired) electrons. The van der Waals surface area contributed by atoms with Gasteiger partial charge in [0, 0.05) is 16.0 Å². The third kappa shape index (κ3) is 3.91. The molecule has 0 saturated carbocycles. The minimum absolute atomic E-state index is 0.0245. The fourth-order valence-corrected chi connectivity index (χ4v) is 7.35. The van der Waals surface area contributed by atoms with Crippen molar-refractivity contribution in [1.82, 2.24) is 4.98 Å². The Morgan fingerprint density at radius 3 is 2.63 bits per heavy atom. The van der Waals surface area contributed by atoms with E-state index in [1.807, 2.05) is 24.3 Å². The third-order valence-corrected chi connectivity index (χ3v) is 9.18. The van der Waals surface area contributed by atoms with Gasteiger partial charge >= 0.3 is 5.97 Å². The highest BCUT2D eigenvalue weighted by Gasteiger charge is 2.49. The summed E-state index contributed by atoms with van der Waals surface area (Å²) >= 11 is 1.26. The molecule has 1 saturated heterocycles. The van der Waals surface area contributed by atoms with Crippen LogP contribution >= 0.6 is 11.3 Å². The molecule has 4 rings (SSSR count). The lowest BCUT2D eigenvalue weighted by atomic mass is 9.95. The first-order valence-electron chi connectivity index (χ1n) is 9.45. The summed E-state index contributed by atoms with van der Waals surface area (Å²) in [6.45, 7) is 0. The normalized spacial score (nSPS) is 20.3. The number of sulfone groups is 1. The first-order valence-corrected chi connectivity index (χ1v) is 11.9. The Hall–Kier alpha value is -2.89. The largest absolute Gasteiger partial charge is 0.481 e. The Kier molecular flexibility index (Phi) is 5.50. The van der Waals surface area contributed by atoms with E-state index in [0.717, 1.165) is 11.1 Å². The predicted molar refractivity (Wildman–Crippen MR) is 114 cm³/mol. The van der Waals surface area contributed by atoms with Gasteiger partial charge < -0.3 is 9.52 Å². The monoisotopic (exact) mass is 441 g/mol. The SMILES string of the molecule is O=C(O)C[C@]1(c2ccc(C#Cc3ccc(-c4cnco4)cc3)s2)CCCCS1(=O)=O. The van der Waals surface area contributed by atoms with Crippen LogP contribution in [0.2, 0.25) is 0 Å². The number of rotatable bonds is 4. The Morgan fingerprint density at radius 1 is 1.17 bits per heavy atom. The molecule has 0 bridgehead atoms. The molecule has 3 aromatic rings. The summed E-state index contributed by atoms with van der Waals surface area (Å²) in [5.41, 5.74) is 1.70. The molecule has 1 aliphatic heterocycles. The average Bonchev–Trinajstić information content (AvgIpc) is 3.40. The summed E-state index contributed by atoms with van der Waals surface area (Å²) in [7, 11) is -3.55. The van der Waals surface area contributed by atoms with E-state index in [1.165, 1.54) is 17.7 Å². The summed E-state index contributed by atoms with van der Waals surface area (Å²) in [4.78, 5) is 16.6. The second-order valence-corrected chi connectivity index (χ2v) is 10.7. The number of aromatic nitrogens is 1. The van der Waals surface area contributed by atoms with Crippen LogP contribution in [0.3, 0.4) is 0 Å². The summed E-state index contributed by atoms with van der Waals surface area (Å²) in [5, 5.41) is 9.38. The van der Waals surface area contributed by atoms with Gasteiger partial charge in [-0.25, -0.2) is 13.4 Å². The number of hydrogen-bond acceptors (Lipinski definition) is 6. The topological polar surface area (TPSA) is 97.5 Å². The van der Waals surface area contributed by atoms with Crippen LogP contribution in [0.15, 0.2) is 53.4 Å². The lowest BCUT2D eigenvalue weighted by Gasteiger charge is -2.34. The minimum Gasteiger partial charge on any atom is -0.481 e. The van der Waals surface area contributed by atoms with Crippen molar-refractivity contribution in [2.45, 2.75) is 30.4 Å². The quantitative estimate of drug-likeness (QED) is 0.613. The Labute approximate surface area is 178 Å². The van der Waals surface area contributed by atoms with Crippen molar-refractivity contribution in [1.29, 1.82) is 0 Å². The zero-order chi connectivity index (χ0) is 21.2. The third-order valence-electron chi connectivity index (χ3n) is 5.26. The van der Waals surface area contributed by atoms with Crippen LogP contribution in [0.5, 0.6) is 0 Å². The van der Waals surface area contributed by atoms with Crippen molar-refractivity contribution in [3.63, 3.8) is 0 Å². The van der Waals surface area contributed by atoms with E-state index in [9.17, 15) is 18.3 Å². The fourth-order valence-electron chi connectivity index (χ4n) is 3.72. The van der Waals surface area contributed by atoms with Gasteiger partial charge in [0.05, 0.1) is 23.2 Å². The van der Waals surface area contributed by atoms with E-state index in [-0.39, 0.29) is 5.75 Å². The number of benzene rings is 1. The molecular weight excluding hydrogens is 422 g/mol. The van der Waals surface area contributed by atoms with Crippen LogP contribution < -0.4 is 0 Å². The van der Waals surface area contributed by atoms with Crippen molar-refractivity contribution >= 4 is 27.1 Å². The van der Waals surface area contributed by atoms with Crippen molar-refractivity contribution < 1.29 is 22.7 Å². The predicted octanol–water partition coefficient (Wildman–Crippen LogP) is 4.07. The molecule has 8 heteroatoms. The summed E-state index contributed by atoms with van der Waals surface area (Å²) in [6, 6.07) is 11.0. The minimum atomic E-state index is -3.55. The van der Waals surface area contributed by atoms with Gasteiger partial charge in [-0.15, -0.1) is 11.3 Å². The van der Waals surface area contributed by atoms with E-state index in [2.05, 4.69) is 16.8 Å². The maximum absolute atomic E-state index is 12.9. The molecule has 0 spiro atoms. The van der Waals surface area contributed by atoms with Crippen LogP contribution in [0.1, 0.15) is 41.0 Å². The van der Waals surface area contributed by atoms with Crippen LogP contribution in [-0.4, -0.2) is 30.2 Å². The molecule has 1 N–H and O–H groups in total. The zero-order valence-corrected chi connectivity index (χ0v) is 17.6. The second kappa shape index (κ2) is 8.09. The van der Waals surface area contributed by atoms with Crippen LogP contribution in [0.25, 0.3) is 11.3 Å². The van der Waals surface area contributed by atoms with Crippen LogP contribution in [-0.2, 0) is 19.4 Å². The Balaban J connectivity index is 1.60. The zero-order valence-electron chi connectivity index (χ0n) is 16.0.